The minimum absolute atomic E-state index is 0.00314. The van der Waals surface area contributed by atoms with Crippen LogP contribution >= 0.6 is 0 Å². The number of ether oxygens (including phenoxy) is 1. The molecule has 0 saturated heterocycles. The van der Waals surface area contributed by atoms with Crippen LogP contribution in [0.4, 0.5) is 0 Å². The number of rotatable bonds is 40. The van der Waals surface area contributed by atoms with Crippen LogP contribution in [-0.2, 0) is 14.3 Å². The normalized spacial score (nSPS) is 12.2. The zero-order chi connectivity index (χ0) is 35.0. The van der Waals surface area contributed by atoms with E-state index in [-0.39, 0.29) is 18.5 Å². The molecule has 0 aliphatic rings. The molecule has 0 bridgehead atoms. The fourth-order valence-electron chi connectivity index (χ4n) is 6.77. The van der Waals surface area contributed by atoms with Gasteiger partial charge in [-0.1, -0.05) is 187 Å². The number of carboxylic acid groups (broad SMARTS) is 1. The van der Waals surface area contributed by atoms with Crippen LogP contribution in [0.5, 0.6) is 0 Å². The second-order valence-corrected chi connectivity index (χ2v) is 14.9. The van der Waals surface area contributed by atoms with Crippen molar-refractivity contribution in [2.45, 2.75) is 258 Å². The molecular weight excluding hydrogens is 592 g/mol. The topological polar surface area (TPSA) is 63.6 Å². The number of carbonyl (C=O) groups excluding carboxylic acids is 1. The lowest BCUT2D eigenvalue weighted by Crippen LogP contribution is -2.18. The van der Waals surface area contributed by atoms with Crippen molar-refractivity contribution in [1.82, 2.24) is 0 Å². The van der Waals surface area contributed by atoms with Gasteiger partial charge < -0.3 is 9.84 Å². The Labute approximate surface area is 300 Å². The third kappa shape index (κ3) is 39.1. The van der Waals surface area contributed by atoms with Gasteiger partial charge in [-0.15, -0.1) is 0 Å². The maximum absolute atomic E-state index is 12.6. The Morgan fingerprint density at radius 1 is 0.438 bits per heavy atom. The number of esters is 1. The van der Waals surface area contributed by atoms with Gasteiger partial charge in [-0.05, 0) is 64.2 Å². The van der Waals surface area contributed by atoms with Crippen LogP contribution < -0.4 is 0 Å². The monoisotopic (exact) mass is 677 g/mol. The molecule has 0 aromatic rings. The van der Waals surface area contributed by atoms with Crippen LogP contribution in [-0.4, -0.2) is 23.1 Å². The number of carboxylic acids is 1. The molecule has 0 aliphatic heterocycles. The Balaban J connectivity index is 3.74. The van der Waals surface area contributed by atoms with E-state index < -0.39 is 5.97 Å². The first kappa shape index (κ1) is 46.7. The average molecular weight is 677 g/mol. The van der Waals surface area contributed by atoms with Crippen molar-refractivity contribution in [2.75, 3.05) is 0 Å². The lowest BCUT2D eigenvalue weighted by molar-refractivity contribution is -0.150. The minimum atomic E-state index is -0.698. The third-order valence-electron chi connectivity index (χ3n) is 9.99. The summed E-state index contributed by atoms with van der Waals surface area (Å²) in [6.45, 7) is 4.55. The lowest BCUT2D eigenvalue weighted by atomic mass is 10.0. The van der Waals surface area contributed by atoms with E-state index in [1.54, 1.807) is 0 Å². The van der Waals surface area contributed by atoms with Crippen LogP contribution in [0.15, 0.2) is 12.2 Å². The molecule has 4 nitrogen and oxygen atoms in total. The van der Waals surface area contributed by atoms with Gasteiger partial charge in [0.2, 0.25) is 0 Å². The predicted octanol–water partition coefficient (Wildman–Crippen LogP) is 15.0. The summed E-state index contributed by atoms with van der Waals surface area (Å²) in [6.07, 6.45) is 49.7. The first-order valence-corrected chi connectivity index (χ1v) is 21.7. The van der Waals surface area contributed by atoms with Crippen LogP contribution in [0.1, 0.15) is 251 Å². The molecule has 0 aliphatic carbocycles. The van der Waals surface area contributed by atoms with E-state index in [9.17, 15) is 9.59 Å². The average Bonchev–Trinajstić information content (AvgIpc) is 3.07. The molecule has 0 aromatic carbocycles. The van der Waals surface area contributed by atoms with Gasteiger partial charge in [-0.25, -0.2) is 0 Å². The lowest BCUT2D eigenvalue weighted by Gasteiger charge is -2.18. The van der Waals surface area contributed by atoms with Crippen LogP contribution in [0.2, 0.25) is 0 Å². The maximum atomic E-state index is 12.6. The molecule has 0 aromatic heterocycles. The number of hydrogen-bond donors (Lipinski definition) is 1. The van der Waals surface area contributed by atoms with E-state index in [1.165, 1.54) is 161 Å². The first-order valence-electron chi connectivity index (χ1n) is 21.7. The van der Waals surface area contributed by atoms with Crippen molar-refractivity contribution in [1.29, 1.82) is 0 Å². The zero-order valence-electron chi connectivity index (χ0n) is 32.6. The van der Waals surface area contributed by atoms with E-state index in [0.29, 0.717) is 6.42 Å². The van der Waals surface area contributed by atoms with E-state index >= 15 is 0 Å². The SMILES string of the molecule is CCCCCCCCCC/C=C\CCCCCCCCCCCCCC(=O)OC(CCCCCCCCC)CCCCCCCC(=O)O. The molecule has 0 spiro atoms. The fourth-order valence-corrected chi connectivity index (χ4v) is 6.77. The van der Waals surface area contributed by atoms with Crippen LogP contribution in [0.25, 0.3) is 0 Å². The van der Waals surface area contributed by atoms with E-state index in [4.69, 9.17) is 9.84 Å². The van der Waals surface area contributed by atoms with Gasteiger partial charge in [0, 0.05) is 12.8 Å². The Hall–Kier alpha value is -1.32. The van der Waals surface area contributed by atoms with Gasteiger partial charge in [-0.3, -0.25) is 9.59 Å². The molecule has 0 rings (SSSR count). The van der Waals surface area contributed by atoms with Crippen molar-refractivity contribution in [2.24, 2.45) is 0 Å². The van der Waals surface area contributed by atoms with Gasteiger partial charge in [0.25, 0.3) is 0 Å². The summed E-state index contributed by atoms with van der Waals surface area (Å²) >= 11 is 0. The summed E-state index contributed by atoms with van der Waals surface area (Å²) in [5, 5.41) is 8.80. The molecule has 0 heterocycles. The van der Waals surface area contributed by atoms with Crippen molar-refractivity contribution in [3.63, 3.8) is 0 Å². The predicted molar refractivity (Wildman–Crippen MR) is 209 cm³/mol. The molecule has 1 unspecified atom stereocenters. The first-order chi connectivity index (χ1) is 23.6. The molecule has 0 radical (unpaired) electrons. The molecule has 48 heavy (non-hydrogen) atoms. The number of aliphatic carboxylic acids is 1. The molecule has 284 valence electrons. The highest BCUT2D eigenvalue weighted by Crippen LogP contribution is 2.19. The maximum Gasteiger partial charge on any atom is 0.306 e. The quantitative estimate of drug-likeness (QED) is 0.0398. The molecule has 0 saturated carbocycles. The van der Waals surface area contributed by atoms with Crippen LogP contribution in [0.3, 0.4) is 0 Å². The van der Waals surface area contributed by atoms with E-state index in [2.05, 4.69) is 26.0 Å². The highest BCUT2D eigenvalue weighted by atomic mass is 16.5. The molecule has 0 amide bonds. The zero-order valence-corrected chi connectivity index (χ0v) is 32.6. The smallest absolute Gasteiger partial charge is 0.306 e. The number of unbranched alkanes of at least 4 members (excludes halogenated alkanes) is 29. The molecule has 4 heteroatoms. The second-order valence-electron chi connectivity index (χ2n) is 14.9. The fraction of sp³-hybridized carbons (Fsp3) is 0.909. The standard InChI is InChI=1S/C44H84O4/c1-3-5-7-9-11-12-13-14-15-16-17-18-19-20-21-22-23-24-25-26-28-33-37-41-44(47)48-42(38-34-30-27-10-8-6-4-2)39-35-31-29-32-36-40-43(45)46/h16-17,42H,3-15,18-41H2,1-2H3,(H,45,46)/b17-16-. The van der Waals surface area contributed by atoms with Crippen molar-refractivity contribution < 1.29 is 19.4 Å². The minimum Gasteiger partial charge on any atom is -0.481 e. The summed E-state index contributed by atoms with van der Waals surface area (Å²) in [6, 6.07) is 0. The summed E-state index contributed by atoms with van der Waals surface area (Å²) in [7, 11) is 0. The van der Waals surface area contributed by atoms with Crippen molar-refractivity contribution in [3.05, 3.63) is 12.2 Å². The Kier molecular flexibility index (Phi) is 39.0. The number of carbonyl (C=O) groups is 2. The second kappa shape index (κ2) is 40.1. The summed E-state index contributed by atoms with van der Waals surface area (Å²) < 4.78 is 5.98. The summed E-state index contributed by atoms with van der Waals surface area (Å²) in [4.78, 5) is 23.3. The van der Waals surface area contributed by atoms with Crippen molar-refractivity contribution >= 4 is 11.9 Å². The summed E-state index contributed by atoms with van der Waals surface area (Å²) in [5.74, 6) is -0.695. The Morgan fingerprint density at radius 3 is 1.12 bits per heavy atom. The Bertz CT molecular complexity index is 687. The van der Waals surface area contributed by atoms with E-state index in [1.807, 2.05) is 0 Å². The van der Waals surface area contributed by atoms with Gasteiger partial charge >= 0.3 is 11.9 Å². The highest BCUT2D eigenvalue weighted by molar-refractivity contribution is 5.69. The largest absolute Gasteiger partial charge is 0.481 e. The molecular formula is C44H84O4. The van der Waals surface area contributed by atoms with Crippen molar-refractivity contribution in [3.8, 4) is 0 Å². The van der Waals surface area contributed by atoms with Gasteiger partial charge in [0.05, 0.1) is 0 Å². The molecule has 1 N–H and O–H groups in total. The molecule has 1 atom stereocenters. The Morgan fingerprint density at radius 2 is 0.750 bits per heavy atom. The van der Waals surface area contributed by atoms with E-state index in [0.717, 1.165) is 64.2 Å². The van der Waals surface area contributed by atoms with Gasteiger partial charge in [0.15, 0.2) is 0 Å². The van der Waals surface area contributed by atoms with Gasteiger partial charge in [0.1, 0.15) is 6.10 Å². The number of allylic oxidation sites excluding steroid dienone is 2. The molecule has 0 fully saturated rings. The number of hydrogen-bond acceptors (Lipinski definition) is 3. The highest BCUT2D eigenvalue weighted by Gasteiger charge is 2.14. The van der Waals surface area contributed by atoms with Gasteiger partial charge in [-0.2, -0.15) is 0 Å². The van der Waals surface area contributed by atoms with Crippen LogP contribution in [0, 0.1) is 0 Å². The third-order valence-corrected chi connectivity index (χ3v) is 9.99. The summed E-state index contributed by atoms with van der Waals surface area (Å²) in [5.41, 5.74) is 0.